The second-order valence-corrected chi connectivity index (χ2v) is 6.39. The maximum atomic E-state index is 13.4. The molecular weight excluding hydrogens is 372 g/mol. The highest BCUT2D eigenvalue weighted by molar-refractivity contribution is 7.09. The van der Waals surface area contributed by atoms with Gasteiger partial charge in [0, 0.05) is 18.3 Å². The van der Waals surface area contributed by atoms with E-state index in [2.05, 4.69) is 4.98 Å². The minimum atomic E-state index is -0.925. The van der Waals surface area contributed by atoms with E-state index in [0.29, 0.717) is 37.4 Å². The second-order valence-electron chi connectivity index (χ2n) is 5.45. The van der Waals surface area contributed by atoms with Gasteiger partial charge >= 0.3 is 0 Å². The number of carbonyl (C=O) groups excluding carboxylic acids is 1. The lowest BCUT2D eigenvalue weighted by Gasteiger charge is -2.32. The van der Waals surface area contributed by atoms with Gasteiger partial charge in [-0.25, -0.2) is 13.8 Å². The minimum absolute atomic E-state index is 0. The largest absolute Gasteiger partial charge is 0.370 e. The van der Waals surface area contributed by atoms with Crippen LogP contribution in [0.4, 0.5) is 8.78 Å². The van der Waals surface area contributed by atoms with Crippen LogP contribution in [0.25, 0.3) is 0 Å². The van der Waals surface area contributed by atoms with Gasteiger partial charge in [-0.05, 0) is 24.2 Å². The fourth-order valence-corrected chi connectivity index (χ4v) is 3.35. The van der Waals surface area contributed by atoms with E-state index in [4.69, 9.17) is 10.5 Å². The number of ether oxygens (including phenoxy) is 1. The Labute approximate surface area is 154 Å². The van der Waals surface area contributed by atoms with E-state index in [1.165, 1.54) is 17.4 Å². The first-order valence-corrected chi connectivity index (χ1v) is 8.46. The van der Waals surface area contributed by atoms with E-state index < -0.39 is 17.7 Å². The summed E-state index contributed by atoms with van der Waals surface area (Å²) in [5.74, 6) is -2.02. The van der Waals surface area contributed by atoms with Crippen molar-refractivity contribution in [1.29, 1.82) is 0 Å². The standard InChI is InChI=1S/C16H17F2N3O2S.ClH/c17-11-2-1-10(7-12(11)18)14-8-21(5-6-23-14)16(22)13-9-24-15(20-13)3-4-19;/h1-2,7,9,14H,3-6,8,19H2;1H. The number of halogens is 3. The van der Waals surface area contributed by atoms with Crippen molar-refractivity contribution in [2.75, 3.05) is 26.2 Å². The highest BCUT2D eigenvalue weighted by Crippen LogP contribution is 2.25. The summed E-state index contributed by atoms with van der Waals surface area (Å²) in [5, 5.41) is 2.54. The van der Waals surface area contributed by atoms with Crippen molar-refractivity contribution >= 4 is 29.7 Å². The zero-order valence-corrected chi connectivity index (χ0v) is 14.9. The molecule has 1 aromatic heterocycles. The van der Waals surface area contributed by atoms with Crippen LogP contribution in [0.5, 0.6) is 0 Å². The lowest BCUT2D eigenvalue weighted by Crippen LogP contribution is -2.42. The highest BCUT2D eigenvalue weighted by atomic mass is 35.5. The van der Waals surface area contributed by atoms with E-state index in [1.807, 2.05) is 0 Å². The summed E-state index contributed by atoms with van der Waals surface area (Å²) in [4.78, 5) is 18.5. The van der Waals surface area contributed by atoms with Crippen molar-refractivity contribution in [3.63, 3.8) is 0 Å². The lowest BCUT2D eigenvalue weighted by molar-refractivity contribution is -0.0231. The van der Waals surface area contributed by atoms with Crippen molar-refractivity contribution in [3.8, 4) is 0 Å². The Morgan fingerprint density at radius 3 is 2.92 bits per heavy atom. The molecule has 5 nitrogen and oxygen atoms in total. The first-order chi connectivity index (χ1) is 11.6. The summed E-state index contributed by atoms with van der Waals surface area (Å²) in [6.45, 7) is 1.52. The quantitative estimate of drug-likeness (QED) is 0.872. The van der Waals surface area contributed by atoms with Gasteiger partial charge in [-0.1, -0.05) is 6.07 Å². The van der Waals surface area contributed by atoms with Gasteiger partial charge in [0.15, 0.2) is 11.6 Å². The molecule has 2 N–H and O–H groups in total. The highest BCUT2D eigenvalue weighted by Gasteiger charge is 2.27. The average molecular weight is 390 g/mol. The Hall–Kier alpha value is -1.61. The molecule has 1 unspecified atom stereocenters. The molecule has 1 aromatic carbocycles. The van der Waals surface area contributed by atoms with Crippen LogP contribution in [0.15, 0.2) is 23.6 Å². The van der Waals surface area contributed by atoms with Crippen molar-refractivity contribution < 1.29 is 18.3 Å². The molecule has 1 aliphatic heterocycles. The Morgan fingerprint density at radius 2 is 2.20 bits per heavy atom. The van der Waals surface area contributed by atoms with Crippen LogP contribution in [0.1, 0.15) is 27.2 Å². The number of hydrogen-bond donors (Lipinski definition) is 1. The molecule has 9 heteroatoms. The van der Waals surface area contributed by atoms with Gasteiger partial charge in [-0.3, -0.25) is 4.79 Å². The Balaban J connectivity index is 0.00000225. The van der Waals surface area contributed by atoms with Gasteiger partial charge < -0.3 is 15.4 Å². The number of morpholine rings is 1. The van der Waals surface area contributed by atoms with Crippen LogP contribution < -0.4 is 5.73 Å². The molecule has 1 aliphatic rings. The van der Waals surface area contributed by atoms with Crippen LogP contribution in [0.2, 0.25) is 0 Å². The summed E-state index contributed by atoms with van der Waals surface area (Å²) in [5.41, 5.74) is 6.38. The molecule has 1 atom stereocenters. The minimum Gasteiger partial charge on any atom is -0.370 e. The van der Waals surface area contributed by atoms with Crippen molar-refractivity contribution in [2.24, 2.45) is 5.73 Å². The summed E-state index contributed by atoms with van der Waals surface area (Å²) >= 11 is 1.41. The van der Waals surface area contributed by atoms with Crippen molar-refractivity contribution in [2.45, 2.75) is 12.5 Å². The van der Waals surface area contributed by atoms with Gasteiger partial charge in [-0.15, -0.1) is 23.7 Å². The summed E-state index contributed by atoms with van der Waals surface area (Å²) < 4.78 is 32.1. The number of thiazole rings is 1. The zero-order chi connectivity index (χ0) is 17.1. The van der Waals surface area contributed by atoms with Gasteiger partial charge in [-0.2, -0.15) is 0 Å². The fourth-order valence-electron chi connectivity index (χ4n) is 2.56. The molecule has 0 saturated carbocycles. The molecular formula is C16H18ClF2N3O2S. The molecule has 1 fully saturated rings. The van der Waals surface area contributed by atoms with Crippen LogP contribution in [0.3, 0.4) is 0 Å². The maximum Gasteiger partial charge on any atom is 0.273 e. The molecule has 136 valence electrons. The fraction of sp³-hybridized carbons (Fsp3) is 0.375. The molecule has 0 spiro atoms. The number of nitrogens with two attached hydrogens (primary N) is 1. The predicted molar refractivity (Wildman–Crippen MR) is 93.1 cm³/mol. The summed E-state index contributed by atoms with van der Waals surface area (Å²) in [7, 11) is 0. The van der Waals surface area contributed by atoms with E-state index in [0.717, 1.165) is 17.1 Å². The number of benzene rings is 1. The molecule has 3 rings (SSSR count). The van der Waals surface area contributed by atoms with Gasteiger partial charge in [0.05, 0.1) is 18.2 Å². The number of amides is 1. The number of aromatic nitrogens is 1. The lowest BCUT2D eigenvalue weighted by atomic mass is 10.1. The van der Waals surface area contributed by atoms with Gasteiger partial charge in [0.1, 0.15) is 11.8 Å². The van der Waals surface area contributed by atoms with Crippen LogP contribution in [-0.2, 0) is 11.2 Å². The number of nitrogens with zero attached hydrogens (tertiary/aromatic N) is 2. The number of carbonyl (C=O) groups is 1. The monoisotopic (exact) mass is 389 g/mol. The zero-order valence-electron chi connectivity index (χ0n) is 13.3. The molecule has 0 aliphatic carbocycles. The predicted octanol–water partition coefficient (Wildman–Crippen LogP) is 2.56. The Kier molecular flexibility index (Phi) is 6.83. The Bertz CT molecular complexity index is 744. The average Bonchev–Trinajstić information content (AvgIpc) is 3.06. The maximum absolute atomic E-state index is 13.4. The molecule has 2 aromatic rings. The van der Waals surface area contributed by atoms with Crippen LogP contribution in [0, 0.1) is 11.6 Å². The third-order valence-corrected chi connectivity index (χ3v) is 4.71. The SMILES string of the molecule is Cl.NCCc1nc(C(=O)N2CCOC(c3ccc(F)c(F)c3)C2)cs1. The van der Waals surface area contributed by atoms with E-state index in [-0.39, 0.29) is 24.9 Å². The van der Waals surface area contributed by atoms with Crippen LogP contribution >= 0.6 is 23.7 Å². The molecule has 1 amide bonds. The first-order valence-electron chi connectivity index (χ1n) is 7.59. The first kappa shape index (κ1) is 19.7. The molecule has 0 bridgehead atoms. The summed E-state index contributed by atoms with van der Waals surface area (Å²) in [6, 6.07) is 3.64. The third-order valence-electron chi connectivity index (χ3n) is 3.80. The van der Waals surface area contributed by atoms with Crippen molar-refractivity contribution in [1.82, 2.24) is 9.88 Å². The normalized spacial score (nSPS) is 17.2. The molecule has 0 radical (unpaired) electrons. The number of hydrogen-bond acceptors (Lipinski definition) is 5. The van der Waals surface area contributed by atoms with Crippen LogP contribution in [-0.4, -0.2) is 42.0 Å². The second kappa shape index (κ2) is 8.66. The molecule has 1 saturated heterocycles. The van der Waals surface area contributed by atoms with Crippen molar-refractivity contribution in [3.05, 3.63) is 51.5 Å². The van der Waals surface area contributed by atoms with E-state index >= 15 is 0 Å². The van der Waals surface area contributed by atoms with E-state index in [1.54, 1.807) is 10.3 Å². The van der Waals surface area contributed by atoms with Gasteiger partial charge in [0.25, 0.3) is 5.91 Å². The molecule has 25 heavy (non-hydrogen) atoms. The summed E-state index contributed by atoms with van der Waals surface area (Å²) in [6.07, 6.45) is 0.151. The molecule has 2 heterocycles. The third kappa shape index (κ3) is 4.52. The number of rotatable bonds is 4. The smallest absolute Gasteiger partial charge is 0.273 e. The Morgan fingerprint density at radius 1 is 1.40 bits per heavy atom. The van der Waals surface area contributed by atoms with E-state index in [9.17, 15) is 13.6 Å². The topological polar surface area (TPSA) is 68.5 Å². The van der Waals surface area contributed by atoms with Gasteiger partial charge in [0.2, 0.25) is 0 Å².